The molecule has 1 unspecified atom stereocenters. The lowest BCUT2D eigenvalue weighted by Gasteiger charge is -2.13. The van der Waals surface area contributed by atoms with Gasteiger partial charge in [0.25, 0.3) is 0 Å². The molecule has 0 saturated carbocycles. The first kappa shape index (κ1) is 15.0. The third kappa shape index (κ3) is 5.54. The van der Waals surface area contributed by atoms with Crippen molar-refractivity contribution in [2.45, 2.75) is 32.6 Å². The Morgan fingerprint density at radius 1 is 1.39 bits per heavy atom. The van der Waals surface area contributed by atoms with E-state index < -0.39 is 0 Å². The number of hydrogen-bond donors (Lipinski definition) is 1. The second-order valence-electron chi connectivity index (χ2n) is 4.32. The molecule has 0 fully saturated rings. The number of nitrogens with one attached hydrogen (secondary N) is 1. The number of carbonyl (C=O) groups excluding carboxylic acids is 1. The second-order valence-corrected chi connectivity index (χ2v) is 5.24. The minimum Gasteiger partial charge on any atom is -0.450 e. The number of hydrogen-bond acceptors (Lipinski definition) is 2. The number of unbranched alkanes of at least 4 members (excludes halogenated alkanes) is 1. The molecule has 100 valence electrons. The van der Waals surface area contributed by atoms with Crippen LogP contribution in [0.2, 0.25) is 0 Å². The van der Waals surface area contributed by atoms with Gasteiger partial charge in [0.05, 0.1) is 6.61 Å². The Balaban J connectivity index is 2.30. The summed E-state index contributed by atoms with van der Waals surface area (Å²) in [7, 11) is 0. The minimum atomic E-state index is -0.326. The Hall–Kier alpha value is -1.03. The number of benzene rings is 1. The van der Waals surface area contributed by atoms with Crippen molar-refractivity contribution in [2.24, 2.45) is 0 Å². The smallest absolute Gasteiger partial charge is 0.407 e. The summed E-state index contributed by atoms with van der Waals surface area (Å²) in [6, 6.07) is 8.12. The first-order valence-corrected chi connectivity index (χ1v) is 7.09. The highest BCUT2D eigenvalue weighted by Crippen LogP contribution is 2.17. The number of amides is 1. The molecule has 0 spiro atoms. The highest BCUT2D eigenvalue weighted by Gasteiger charge is 2.08. The molecular weight excluding hydrogens is 294 g/mol. The van der Waals surface area contributed by atoms with Gasteiger partial charge in [-0.25, -0.2) is 4.79 Å². The van der Waals surface area contributed by atoms with Crippen molar-refractivity contribution in [1.82, 2.24) is 5.32 Å². The maximum absolute atomic E-state index is 11.4. The first-order valence-electron chi connectivity index (χ1n) is 6.29. The van der Waals surface area contributed by atoms with Gasteiger partial charge >= 0.3 is 6.09 Å². The van der Waals surface area contributed by atoms with E-state index in [2.05, 4.69) is 47.2 Å². The van der Waals surface area contributed by atoms with Crippen LogP contribution in [-0.2, 0) is 4.74 Å². The van der Waals surface area contributed by atoms with E-state index in [0.717, 1.165) is 17.3 Å². The molecule has 0 bridgehead atoms. The zero-order valence-electron chi connectivity index (χ0n) is 10.9. The molecule has 4 heteroatoms. The van der Waals surface area contributed by atoms with Crippen LogP contribution in [0.25, 0.3) is 0 Å². The molecule has 0 aliphatic rings. The molecule has 1 atom stereocenters. The molecule has 0 heterocycles. The Kier molecular flexibility index (Phi) is 6.80. The van der Waals surface area contributed by atoms with Gasteiger partial charge in [0.2, 0.25) is 0 Å². The van der Waals surface area contributed by atoms with Crippen LogP contribution in [0.5, 0.6) is 0 Å². The number of alkyl carbamates (subject to hydrolysis) is 1. The lowest BCUT2D eigenvalue weighted by molar-refractivity contribution is 0.144. The van der Waals surface area contributed by atoms with Gasteiger partial charge in [-0.05, 0) is 30.0 Å². The van der Waals surface area contributed by atoms with Crippen molar-refractivity contribution in [1.29, 1.82) is 0 Å². The maximum Gasteiger partial charge on any atom is 0.407 e. The minimum absolute atomic E-state index is 0.275. The lowest BCUT2D eigenvalue weighted by Crippen LogP contribution is -2.28. The van der Waals surface area contributed by atoms with Crippen LogP contribution in [0, 0.1) is 0 Å². The molecule has 1 aromatic carbocycles. The summed E-state index contributed by atoms with van der Waals surface area (Å²) in [6.07, 6.45) is 1.62. The summed E-state index contributed by atoms with van der Waals surface area (Å²) in [5, 5.41) is 2.78. The fourth-order valence-electron chi connectivity index (χ4n) is 1.51. The Morgan fingerprint density at radius 3 is 2.67 bits per heavy atom. The molecule has 0 aliphatic carbocycles. The van der Waals surface area contributed by atoms with Gasteiger partial charge in [-0.3, -0.25) is 0 Å². The topological polar surface area (TPSA) is 38.3 Å². The van der Waals surface area contributed by atoms with Crippen LogP contribution in [0.4, 0.5) is 4.79 Å². The van der Waals surface area contributed by atoms with Crippen LogP contribution in [0.15, 0.2) is 28.7 Å². The Morgan fingerprint density at radius 2 is 2.06 bits per heavy atom. The lowest BCUT2D eigenvalue weighted by atomic mass is 10.0. The third-order valence-electron chi connectivity index (χ3n) is 2.72. The van der Waals surface area contributed by atoms with Gasteiger partial charge < -0.3 is 10.1 Å². The highest BCUT2D eigenvalue weighted by atomic mass is 79.9. The fourth-order valence-corrected chi connectivity index (χ4v) is 1.77. The van der Waals surface area contributed by atoms with Gasteiger partial charge in [0.1, 0.15) is 0 Å². The van der Waals surface area contributed by atoms with E-state index >= 15 is 0 Å². The molecule has 1 aromatic rings. The fraction of sp³-hybridized carbons (Fsp3) is 0.500. The summed E-state index contributed by atoms with van der Waals surface area (Å²) in [5.74, 6) is 0.275. The van der Waals surface area contributed by atoms with E-state index in [1.54, 1.807) is 0 Å². The van der Waals surface area contributed by atoms with E-state index in [9.17, 15) is 4.79 Å². The summed E-state index contributed by atoms with van der Waals surface area (Å²) in [6.45, 7) is 5.23. The summed E-state index contributed by atoms with van der Waals surface area (Å²) in [4.78, 5) is 11.4. The van der Waals surface area contributed by atoms with E-state index in [1.807, 2.05) is 12.1 Å². The standard InChI is InChI=1S/C14H20BrNO2/c1-3-4-9-18-14(17)16-10-11(2)12-5-7-13(15)8-6-12/h5-8,11H,3-4,9-10H2,1-2H3,(H,16,17). The van der Waals surface area contributed by atoms with Gasteiger partial charge in [0.15, 0.2) is 0 Å². The third-order valence-corrected chi connectivity index (χ3v) is 3.25. The van der Waals surface area contributed by atoms with Gasteiger partial charge in [-0.2, -0.15) is 0 Å². The van der Waals surface area contributed by atoms with E-state index in [0.29, 0.717) is 13.2 Å². The van der Waals surface area contributed by atoms with E-state index in [1.165, 1.54) is 5.56 Å². The van der Waals surface area contributed by atoms with Crippen molar-refractivity contribution in [3.63, 3.8) is 0 Å². The number of rotatable bonds is 6. The summed E-state index contributed by atoms with van der Waals surface area (Å²) >= 11 is 3.40. The maximum atomic E-state index is 11.4. The van der Waals surface area contributed by atoms with Crippen LogP contribution in [0.1, 0.15) is 38.2 Å². The molecule has 3 nitrogen and oxygen atoms in total. The van der Waals surface area contributed by atoms with Crippen LogP contribution >= 0.6 is 15.9 Å². The van der Waals surface area contributed by atoms with Crippen molar-refractivity contribution < 1.29 is 9.53 Å². The molecule has 0 aliphatic heterocycles. The molecule has 0 saturated heterocycles. The molecule has 1 amide bonds. The van der Waals surface area contributed by atoms with Crippen molar-refractivity contribution in [2.75, 3.05) is 13.2 Å². The zero-order valence-corrected chi connectivity index (χ0v) is 12.5. The van der Waals surface area contributed by atoms with Crippen LogP contribution < -0.4 is 5.32 Å². The highest BCUT2D eigenvalue weighted by molar-refractivity contribution is 9.10. The Labute approximate surface area is 117 Å². The second kappa shape index (κ2) is 8.14. The molecule has 1 rings (SSSR count). The first-order chi connectivity index (χ1) is 8.63. The van der Waals surface area contributed by atoms with Gasteiger partial charge in [-0.1, -0.05) is 48.3 Å². The number of halogens is 1. The normalized spacial score (nSPS) is 11.9. The van der Waals surface area contributed by atoms with Gasteiger partial charge in [0, 0.05) is 11.0 Å². The van der Waals surface area contributed by atoms with Crippen LogP contribution in [-0.4, -0.2) is 19.2 Å². The molecular formula is C14H20BrNO2. The predicted octanol–water partition coefficient (Wildman–Crippen LogP) is 4.08. The molecule has 18 heavy (non-hydrogen) atoms. The average molecular weight is 314 g/mol. The van der Waals surface area contributed by atoms with Gasteiger partial charge in [-0.15, -0.1) is 0 Å². The molecule has 0 aromatic heterocycles. The van der Waals surface area contributed by atoms with Crippen molar-refractivity contribution in [3.8, 4) is 0 Å². The number of carbonyl (C=O) groups is 1. The monoisotopic (exact) mass is 313 g/mol. The SMILES string of the molecule is CCCCOC(=O)NCC(C)c1ccc(Br)cc1. The largest absolute Gasteiger partial charge is 0.450 e. The predicted molar refractivity (Wildman–Crippen MR) is 76.8 cm³/mol. The average Bonchev–Trinajstić information content (AvgIpc) is 2.37. The quantitative estimate of drug-likeness (QED) is 0.804. The van der Waals surface area contributed by atoms with E-state index in [-0.39, 0.29) is 12.0 Å². The molecule has 1 N–H and O–H groups in total. The van der Waals surface area contributed by atoms with Crippen LogP contribution in [0.3, 0.4) is 0 Å². The van der Waals surface area contributed by atoms with Crippen molar-refractivity contribution >= 4 is 22.0 Å². The zero-order chi connectivity index (χ0) is 13.4. The van der Waals surface area contributed by atoms with E-state index in [4.69, 9.17) is 4.74 Å². The summed E-state index contributed by atoms with van der Waals surface area (Å²) < 4.78 is 6.09. The number of ether oxygens (including phenoxy) is 1. The molecule has 0 radical (unpaired) electrons. The van der Waals surface area contributed by atoms with Crippen molar-refractivity contribution in [3.05, 3.63) is 34.3 Å². The Bertz CT molecular complexity index is 365. The summed E-state index contributed by atoms with van der Waals surface area (Å²) in [5.41, 5.74) is 1.20.